The van der Waals surface area contributed by atoms with Crippen molar-refractivity contribution in [1.29, 1.82) is 0 Å². The third-order valence-corrected chi connectivity index (χ3v) is 8.33. The third kappa shape index (κ3) is 5.19. The van der Waals surface area contributed by atoms with E-state index in [0.29, 0.717) is 37.3 Å². The van der Waals surface area contributed by atoms with Gasteiger partial charge in [0, 0.05) is 19.5 Å². The molecule has 0 aliphatic carbocycles. The van der Waals surface area contributed by atoms with Crippen LogP contribution in [0.5, 0.6) is 11.5 Å². The Kier molecular flexibility index (Phi) is 6.50. The monoisotopic (exact) mass is 433 g/mol. The molecule has 1 saturated heterocycles. The minimum atomic E-state index is -3.28. The Morgan fingerprint density at radius 2 is 1.83 bits per heavy atom. The van der Waals surface area contributed by atoms with Crippen LogP contribution < -0.4 is 4.74 Å². The average Bonchev–Trinajstić information content (AvgIpc) is 3.18. The van der Waals surface area contributed by atoms with Gasteiger partial charge in [-0.3, -0.25) is 4.79 Å². The van der Waals surface area contributed by atoms with Crippen molar-refractivity contribution in [2.75, 3.05) is 13.1 Å². The van der Waals surface area contributed by atoms with Gasteiger partial charge < -0.3 is 9.64 Å². The third-order valence-electron chi connectivity index (χ3n) is 5.37. The van der Waals surface area contributed by atoms with E-state index in [-0.39, 0.29) is 18.3 Å². The molecule has 1 unspecified atom stereocenters. The Morgan fingerprint density at radius 3 is 2.50 bits per heavy atom. The number of hydrogen-bond donors (Lipinski definition) is 0. The van der Waals surface area contributed by atoms with Gasteiger partial charge in [0.1, 0.15) is 17.3 Å². The van der Waals surface area contributed by atoms with Gasteiger partial charge in [0.05, 0.1) is 10.00 Å². The summed E-state index contributed by atoms with van der Waals surface area (Å²) in [5.74, 6) is 0.789. The summed E-state index contributed by atoms with van der Waals surface area (Å²) in [5, 5.41) is -0.492. The van der Waals surface area contributed by atoms with E-state index in [2.05, 4.69) is 0 Å². The van der Waals surface area contributed by atoms with Gasteiger partial charge in [-0.05, 0) is 75.6 Å². The van der Waals surface area contributed by atoms with Crippen molar-refractivity contribution in [1.82, 2.24) is 4.90 Å². The Balaban J connectivity index is 1.56. The maximum atomic E-state index is 13.0. The molecule has 0 aromatic heterocycles. The number of benzene rings is 2. The number of carbonyl (C=O) groups is 1. The molecule has 162 valence electrons. The van der Waals surface area contributed by atoms with E-state index in [1.165, 1.54) is 12.1 Å². The fraction of sp³-hybridized carbons (Fsp3) is 0.435. The zero-order chi connectivity index (χ0) is 21.9. The van der Waals surface area contributed by atoms with E-state index in [1.807, 2.05) is 18.2 Å². The van der Waals surface area contributed by atoms with E-state index >= 15 is 0 Å². The SMILES string of the molecule is CC(C)(C)S(=O)(=O)C1CCN(C(=O)CCc2cccc(Oc3ccc(F)cc3)c2)C1. The highest BCUT2D eigenvalue weighted by Crippen LogP contribution is 2.28. The van der Waals surface area contributed by atoms with Crippen LogP contribution in [-0.2, 0) is 21.1 Å². The van der Waals surface area contributed by atoms with Gasteiger partial charge in [0.15, 0.2) is 9.84 Å². The maximum absolute atomic E-state index is 13.0. The minimum Gasteiger partial charge on any atom is -0.457 e. The van der Waals surface area contributed by atoms with E-state index in [0.717, 1.165) is 5.56 Å². The number of ether oxygens (including phenoxy) is 1. The number of sulfone groups is 1. The summed E-state index contributed by atoms with van der Waals surface area (Å²) in [4.78, 5) is 14.3. The lowest BCUT2D eigenvalue weighted by atomic mass is 10.1. The first-order valence-electron chi connectivity index (χ1n) is 10.1. The number of aryl methyl sites for hydroxylation is 1. The van der Waals surface area contributed by atoms with Crippen molar-refractivity contribution < 1.29 is 22.3 Å². The molecule has 2 aromatic carbocycles. The number of likely N-dealkylation sites (tertiary alicyclic amines) is 1. The van der Waals surface area contributed by atoms with Crippen LogP contribution in [0.2, 0.25) is 0 Å². The van der Waals surface area contributed by atoms with Crippen LogP contribution in [-0.4, -0.2) is 42.3 Å². The summed E-state index contributed by atoms with van der Waals surface area (Å²) in [6.45, 7) is 5.86. The number of rotatable bonds is 6. The van der Waals surface area contributed by atoms with Crippen LogP contribution in [0.1, 0.15) is 39.2 Å². The second kappa shape index (κ2) is 8.76. The van der Waals surface area contributed by atoms with Crippen LogP contribution in [0.3, 0.4) is 0 Å². The van der Waals surface area contributed by atoms with Gasteiger partial charge in [0.25, 0.3) is 0 Å². The molecule has 1 atom stereocenters. The van der Waals surface area contributed by atoms with Crippen molar-refractivity contribution in [3.8, 4) is 11.5 Å². The summed E-state index contributed by atoms with van der Waals surface area (Å²) in [6.07, 6.45) is 1.33. The number of carbonyl (C=O) groups excluding carboxylic acids is 1. The first-order valence-corrected chi connectivity index (χ1v) is 11.6. The van der Waals surface area contributed by atoms with Crippen LogP contribution in [0, 0.1) is 5.82 Å². The molecular weight excluding hydrogens is 405 g/mol. The Labute approximate surface area is 177 Å². The average molecular weight is 434 g/mol. The van der Waals surface area contributed by atoms with Gasteiger partial charge in [0.2, 0.25) is 5.91 Å². The number of halogens is 1. The number of nitrogens with zero attached hydrogens (tertiary/aromatic N) is 1. The molecule has 0 spiro atoms. The highest BCUT2D eigenvalue weighted by molar-refractivity contribution is 7.93. The molecule has 1 fully saturated rings. The lowest BCUT2D eigenvalue weighted by Gasteiger charge is -2.24. The lowest BCUT2D eigenvalue weighted by molar-refractivity contribution is -0.130. The molecule has 30 heavy (non-hydrogen) atoms. The molecule has 0 bridgehead atoms. The summed E-state index contributed by atoms with van der Waals surface area (Å²) in [5.41, 5.74) is 0.945. The highest BCUT2D eigenvalue weighted by atomic mass is 32.2. The zero-order valence-electron chi connectivity index (χ0n) is 17.6. The topological polar surface area (TPSA) is 63.7 Å². The molecule has 5 nitrogen and oxygen atoms in total. The van der Waals surface area contributed by atoms with Crippen LogP contribution in [0.25, 0.3) is 0 Å². The van der Waals surface area contributed by atoms with E-state index in [1.54, 1.807) is 43.9 Å². The predicted molar refractivity (Wildman–Crippen MR) is 115 cm³/mol. The first-order chi connectivity index (χ1) is 14.1. The lowest BCUT2D eigenvalue weighted by Crippen LogP contribution is -2.39. The second-order valence-corrected chi connectivity index (χ2v) is 11.6. The van der Waals surface area contributed by atoms with Crippen molar-refractivity contribution >= 4 is 15.7 Å². The Bertz CT molecular complexity index is 997. The van der Waals surface area contributed by atoms with Gasteiger partial charge in [-0.15, -0.1) is 0 Å². The normalized spacial score (nSPS) is 17.2. The molecule has 0 saturated carbocycles. The molecular formula is C23H28FNO4S. The fourth-order valence-electron chi connectivity index (χ4n) is 3.52. The van der Waals surface area contributed by atoms with Gasteiger partial charge in [-0.25, -0.2) is 12.8 Å². The molecule has 1 amide bonds. The summed E-state index contributed by atoms with van der Waals surface area (Å²) >= 11 is 0. The van der Waals surface area contributed by atoms with Crippen molar-refractivity contribution in [3.63, 3.8) is 0 Å². The number of hydrogen-bond acceptors (Lipinski definition) is 4. The Morgan fingerprint density at radius 1 is 1.13 bits per heavy atom. The Hall–Kier alpha value is -2.41. The predicted octanol–water partition coefficient (Wildman–Crippen LogP) is 4.36. The quantitative estimate of drug-likeness (QED) is 0.679. The van der Waals surface area contributed by atoms with Gasteiger partial charge >= 0.3 is 0 Å². The molecule has 1 heterocycles. The summed E-state index contributed by atoms with van der Waals surface area (Å²) in [7, 11) is -3.28. The highest BCUT2D eigenvalue weighted by Gasteiger charge is 2.41. The molecule has 0 N–H and O–H groups in total. The molecule has 1 aliphatic heterocycles. The van der Waals surface area contributed by atoms with Crippen LogP contribution in [0.15, 0.2) is 48.5 Å². The van der Waals surface area contributed by atoms with E-state index < -0.39 is 19.8 Å². The molecule has 3 rings (SSSR count). The zero-order valence-corrected chi connectivity index (χ0v) is 18.4. The van der Waals surface area contributed by atoms with E-state index in [9.17, 15) is 17.6 Å². The van der Waals surface area contributed by atoms with Gasteiger partial charge in [-0.2, -0.15) is 0 Å². The van der Waals surface area contributed by atoms with Gasteiger partial charge in [-0.1, -0.05) is 12.1 Å². The minimum absolute atomic E-state index is 0.0357. The summed E-state index contributed by atoms with van der Waals surface area (Å²) < 4.78 is 43.2. The molecule has 7 heteroatoms. The fourth-order valence-corrected chi connectivity index (χ4v) is 5.31. The smallest absolute Gasteiger partial charge is 0.222 e. The molecule has 2 aromatic rings. The van der Waals surface area contributed by atoms with Crippen molar-refractivity contribution in [2.45, 2.75) is 50.0 Å². The summed E-state index contributed by atoms with van der Waals surface area (Å²) in [6, 6.07) is 13.2. The van der Waals surface area contributed by atoms with Crippen LogP contribution >= 0.6 is 0 Å². The standard InChI is InChI=1S/C23H28FNO4S/c1-23(2,3)30(27,28)21-13-14-25(16-21)22(26)12-7-17-5-4-6-20(15-17)29-19-10-8-18(24)9-11-19/h4-6,8-11,15,21H,7,12-14,16H2,1-3H3. The van der Waals surface area contributed by atoms with Crippen molar-refractivity contribution in [2.24, 2.45) is 0 Å². The first kappa shape index (κ1) is 22.3. The molecule has 0 radical (unpaired) electrons. The molecule has 1 aliphatic rings. The van der Waals surface area contributed by atoms with E-state index in [4.69, 9.17) is 4.74 Å². The largest absolute Gasteiger partial charge is 0.457 e. The maximum Gasteiger partial charge on any atom is 0.222 e. The van der Waals surface area contributed by atoms with Crippen molar-refractivity contribution in [3.05, 3.63) is 59.9 Å². The van der Waals surface area contributed by atoms with Crippen LogP contribution in [0.4, 0.5) is 4.39 Å². The number of amides is 1. The second-order valence-electron chi connectivity index (χ2n) is 8.61.